The number of para-hydroxylation sites is 1. The number of hydrogen-bond donors (Lipinski definition) is 2. The Balaban J connectivity index is 1.73. The fourth-order valence-corrected chi connectivity index (χ4v) is 3.45. The number of ether oxygens (including phenoxy) is 2. The number of urea groups is 1. The second kappa shape index (κ2) is 8.88. The second-order valence-corrected chi connectivity index (χ2v) is 6.70. The molecule has 6 heteroatoms. The molecule has 2 aromatic carbocycles. The van der Waals surface area contributed by atoms with E-state index in [9.17, 15) is 4.79 Å². The van der Waals surface area contributed by atoms with E-state index >= 15 is 0 Å². The molecule has 2 N–H and O–H groups in total. The topological polar surface area (TPSA) is 62.8 Å². The van der Waals surface area contributed by atoms with E-state index in [1.165, 1.54) is 0 Å². The van der Waals surface area contributed by atoms with E-state index in [0.717, 1.165) is 35.7 Å². The van der Waals surface area contributed by atoms with Crippen LogP contribution in [-0.4, -0.2) is 56.9 Å². The molecule has 2 amide bonds. The van der Waals surface area contributed by atoms with E-state index in [1.54, 1.807) is 7.11 Å². The third-order valence-electron chi connectivity index (χ3n) is 4.70. The Morgan fingerprint density at radius 1 is 1.19 bits per heavy atom. The fourth-order valence-electron chi connectivity index (χ4n) is 3.45. The van der Waals surface area contributed by atoms with Crippen molar-refractivity contribution in [2.75, 3.05) is 39.2 Å². The molecule has 0 radical (unpaired) electrons. The monoisotopic (exact) mass is 369 g/mol. The van der Waals surface area contributed by atoms with E-state index in [2.05, 4.69) is 15.5 Å². The maximum absolute atomic E-state index is 12.6. The SMILES string of the molecule is CCOC1CN(C)CC1NC(=O)Nc1ccccc1-c1cccc(OC)c1. The number of methoxy groups -OCH3 is 1. The van der Waals surface area contributed by atoms with Crippen LogP contribution in [0, 0.1) is 0 Å². The number of carbonyl (C=O) groups is 1. The maximum atomic E-state index is 12.6. The molecular formula is C21H27N3O3. The Morgan fingerprint density at radius 3 is 2.78 bits per heavy atom. The summed E-state index contributed by atoms with van der Waals surface area (Å²) in [5, 5.41) is 6.04. The predicted octanol–water partition coefficient (Wildman–Crippen LogP) is 3.20. The number of carbonyl (C=O) groups excluding carboxylic acids is 1. The molecule has 1 fully saturated rings. The van der Waals surface area contributed by atoms with Crippen LogP contribution >= 0.6 is 0 Å². The van der Waals surface area contributed by atoms with Gasteiger partial charge in [-0.15, -0.1) is 0 Å². The van der Waals surface area contributed by atoms with E-state index in [4.69, 9.17) is 9.47 Å². The average Bonchev–Trinajstić information content (AvgIpc) is 3.01. The Labute approximate surface area is 160 Å². The van der Waals surface area contributed by atoms with Crippen molar-refractivity contribution in [3.8, 4) is 16.9 Å². The van der Waals surface area contributed by atoms with Crippen molar-refractivity contribution >= 4 is 11.7 Å². The minimum absolute atomic E-state index is 0.0133. The molecule has 1 aliphatic rings. The third-order valence-corrected chi connectivity index (χ3v) is 4.70. The van der Waals surface area contributed by atoms with Crippen molar-refractivity contribution < 1.29 is 14.3 Å². The summed E-state index contributed by atoms with van der Waals surface area (Å²) in [6.07, 6.45) is 0.0133. The quantitative estimate of drug-likeness (QED) is 0.821. The largest absolute Gasteiger partial charge is 0.497 e. The molecule has 0 spiro atoms. The highest BCUT2D eigenvalue weighted by molar-refractivity contribution is 5.94. The first kappa shape index (κ1) is 19.2. The van der Waals surface area contributed by atoms with Crippen LogP contribution in [0.3, 0.4) is 0 Å². The first-order chi connectivity index (χ1) is 13.1. The van der Waals surface area contributed by atoms with Crippen LogP contribution < -0.4 is 15.4 Å². The zero-order valence-electron chi connectivity index (χ0n) is 16.1. The van der Waals surface area contributed by atoms with Gasteiger partial charge in [0.2, 0.25) is 0 Å². The van der Waals surface area contributed by atoms with Gasteiger partial charge in [-0.3, -0.25) is 0 Å². The average molecular weight is 369 g/mol. The van der Waals surface area contributed by atoms with Gasteiger partial charge in [-0.2, -0.15) is 0 Å². The van der Waals surface area contributed by atoms with Crippen LogP contribution in [0.4, 0.5) is 10.5 Å². The van der Waals surface area contributed by atoms with Gasteiger partial charge in [0.1, 0.15) is 5.75 Å². The van der Waals surface area contributed by atoms with Gasteiger partial charge in [0.05, 0.1) is 24.9 Å². The summed E-state index contributed by atoms with van der Waals surface area (Å²) in [4.78, 5) is 14.8. The molecule has 2 aromatic rings. The minimum Gasteiger partial charge on any atom is -0.497 e. The smallest absolute Gasteiger partial charge is 0.319 e. The number of likely N-dealkylation sites (tertiary alicyclic amines) is 1. The molecule has 3 rings (SSSR count). The molecule has 0 aliphatic carbocycles. The van der Waals surface area contributed by atoms with Crippen LogP contribution in [0.2, 0.25) is 0 Å². The highest BCUT2D eigenvalue weighted by Crippen LogP contribution is 2.30. The lowest BCUT2D eigenvalue weighted by atomic mass is 10.0. The highest BCUT2D eigenvalue weighted by Gasteiger charge is 2.32. The Hall–Kier alpha value is -2.57. The summed E-state index contributed by atoms with van der Waals surface area (Å²) in [5.41, 5.74) is 2.68. The predicted molar refractivity (Wildman–Crippen MR) is 107 cm³/mol. The van der Waals surface area contributed by atoms with Crippen molar-refractivity contribution in [3.63, 3.8) is 0 Å². The van der Waals surface area contributed by atoms with Crippen LogP contribution in [0.25, 0.3) is 11.1 Å². The third kappa shape index (κ3) is 4.78. The molecule has 27 heavy (non-hydrogen) atoms. The molecule has 2 atom stereocenters. The number of amides is 2. The van der Waals surface area contributed by atoms with Crippen LogP contribution in [-0.2, 0) is 4.74 Å². The van der Waals surface area contributed by atoms with E-state index < -0.39 is 0 Å². The Kier molecular flexibility index (Phi) is 6.32. The molecule has 1 heterocycles. The van der Waals surface area contributed by atoms with E-state index in [-0.39, 0.29) is 18.2 Å². The number of benzene rings is 2. The van der Waals surface area contributed by atoms with Gasteiger partial charge in [-0.05, 0) is 37.7 Å². The van der Waals surface area contributed by atoms with E-state index in [1.807, 2.05) is 62.5 Å². The van der Waals surface area contributed by atoms with Crippen LogP contribution in [0.15, 0.2) is 48.5 Å². The first-order valence-corrected chi connectivity index (χ1v) is 9.21. The van der Waals surface area contributed by atoms with E-state index in [0.29, 0.717) is 6.61 Å². The molecule has 1 saturated heterocycles. The minimum atomic E-state index is -0.227. The van der Waals surface area contributed by atoms with Gasteiger partial charge in [-0.25, -0.2) is 4.79 Å². The molecule has 1 aliphatic heterocycles. The van der Waals surface area contributed by atoms with Crippen molar-refractivity contribution in [2.24, 2.45) is 0 Å². The normalized spacial score (nSPS) is 19.7. The number of hydrogen-bond acceptors (Lipinski definition) is 4. The molecule has 0 bridgehead atoms. The van der Waals surface area contributed by atoms with Gasteiger partial charge in [-0.1, -0.05) is 30.3 Å². The lowest BCUT2D eigenvalue weighted by Gasteiger charge is -2.20. The molecule has 0 saturated carbocycles. The summed E-state index contributed by atoms with van der Waals surface area (Å²) in [5.74, 6) is 0.778. The lowest BCUT2D eigenvalue weighted by molar-refractivity contribution is 0.0568. The number of nitrogens with one attached hydrogen (secondary N) is 2. The van der Waals surface area contributed by atoms with Crippen molar-refractivity contribution in [2.45, 2.75) is 19.1 Å². The van der Waals surface area contributed by atoms with Gasteiger partial charge in [0.25, 0.3) is 0 Å². The number of nitrogens with zero attached hydrogens (tertiary/aromatic N) is 1. The van der Waals surface area contributed by atoms with Crippen molar-refractivity contribution in [1.29, 1.82) is 0 Å². The lowest BCUT2D eigenvalue weighted by Crippen LogP contribution is -2.45. The summed E-state index contributed by atoms with van der Waals surface area (Å²) in [7, 11) is 3.67. The van der Waals surface area contributed by atoms with Crippen molar-refractivity contribution in [3.05, 3.63) is 48.5 Å². The molecule has 6 nitrogen and oxygen atoms in total. The van der Waals surface area contributed by atoms with Crippen molar-refractivity contribution in [1.82, 2.24) is 10.2 Å². The molecule has 2 unspecified atom stereocenters. The summed E-state index contributed by atoms with van der Waals surface area (Å²) in [6.45, 7) is 4.20. The number of anilines is 1. The zero-order valence-corrected chi connectivity index (χ0v) is 16.1. The molecular weight excluding hydrogens is 342 g/mol. The zero-order chi connectivity index (χ0) is 19.2. The number of likely N-dealkylation sites (N-methyl/N-ethyl adjacent to an activating group) is 1. The standard InChI is InChI=1S/C21H27N3O3/c1-4-27-20-14-24(2)13-19(20)23-21(25)22-18-11-6-5-10-17(18)15-8-7-9-16(12-15)26-3/h5-12,19-20H,4,13-14H2,1-3H3,(H2,22,23,25). The maximum Gasteiger partial charge on any atom is 0.319 e. The first-order valence-electron chi connectivity index (χ1n) is 9.21. The van der Waals surface area contributed by atoms with Crippen LogP contribution in [0.1, 0.15) is 6.92 Å². The fraction of sp³-hybridized carbons (Fsp3) is 0.381. The van der Waals surface area contributed by atoms with Crippen LogP contribution in [0.5, 0.6) is 5.75 Å². The Bertz CT molecular complexity index is 781. The van der Waals surface area contributed by atoms with Gasteiger partial charge >= 0.3 is 6.03 Å². The summed E-state index contributed by atoms with van der Waals surface area (Å²) < 4.78 is 11.1. The van der Waals surface area contributed by atoms with Gasteiger partial charge in [0, 0.05) is 25.3 Å². The summed E-state index contributed by atoms with van der Waals surface area (Å²) >= 11 is 0. The van der Waals surface area contributed by atoms with Gasteiger partial charge in [0.15, 0.2) is 0 Å². The molecule has 144 valence electrons. The highest BCUT2D eigenvalue weighted by atomic mass is 16.5. The molecule has 0 aromatic heterocycles. The summed E-state index contributed by atoms with van der Waals surface area (Å²) in [6, 6.07) is 15.3. The Morgan fingerprint density at radius 2 is 2.00 bits per heavy atom. The number of rotatable bonds is 6. The van der Waals surface area contributed by atoms with Gasteiger partial charge < -0.3 is 25.0 Å². The second-order valence-electron chi connectivity index (χ2n) is 6.70.